The van der Waals surface area contributed by atoms with Crippen LogP contribution < -0.4 is 9.47 Å². The molecule has 0 aliphatic rings. The van der Waals surface area contributed by atoms with Gasteiger partial charge in [-0.3, -0.25) is 20.2 Å². The minimum atomic E-state index is -0.474. The zero-order valence-electron chi connectivity index (χ0n) is 26.1. The van der Waals surface area contributed by atoms with E-state index in [1.54, 1.807) is 33.6 Å². The lowest BCUT2D eigenvalue weighted by Gasteiger charge is -2.08. The number of para-hydroxylation sites is 2. The van der Waals surface area contributed by atoms with Crippen LogP contribution in [0.3, 0.4) is 0 Å². The second kappa shape index (κ2) is 16.4. The van der Waals surface area contributed by atoms with E-state index in [9.17, 15) is 30.8 Å². The van der Waals surface area contributed by atoms with E-state index in [1.165, 1.54) is 24.3 Å². The molecule has 2 heterocycles. The summed E-state index contributed by atoms with van der Waals surface area (Å²) in [5, 5.41) is 55.7. The third-order valence-electron chi connectivity index (χ3n) is 7.02. The summed E-state index contributed by atoms with van der Waals surface area (Å²) in [5.74, 6) is 1.47. The second-order valence-corrected chi connectivity index (χ2v) is 10.2. The summed E-state index contributed by atoms with van der Waals surface area (Å²) in [6.07, 6.45) is 0. The predicted molar refractivity (Wildman–Crippen MR) is 178 cm³/mol. The van der Waals surface area contributed by atoms with Gasteiger partial charge < -0.3 is 9.47 Å². The van der Waals surface area contributed by atoms with Crippen LogP contribution in [-0.4, -0.2) is 53.0 Å². The van der Waals surface area contributed by atoms with Crippen molar-refractivity contribution < 1.29 is 19.3 Å². The van der Waals surface area contributed by atoms with Crippen LogP contribution in [0.15, 0.2) is 109 Å². The second-order valence-electron chi connectivity index (χ2n) is 10.2. The topological polar surface area (TPSA) is 214 Å². The van der Waals surface area contributed by atoms with E-state index >= 15 is 0 Å². The van der Waals surface area contributed by atoms with Crippen LogP contribution in [0.1, 0.15) is 11.4 Å². The summed E-state index contributed by atoms with van der Waals surface area (Å²) < 4.78 is 14.4. The molecule has 16 nitrogen and oxygen atoms in total. The monoisotopic (exact) mass is 670 g/mol. The van der Waals surface area contributed by atoms with E-state index < -0.39 is 9.85 Å². The Bertz CT molecular complexity index is 1980. The number of benzene rings is 4. The highest BCUT2D eigenvalue weighted by Gasteiger charge is 2.17. The fraction of sp³-hybridized carbons (Fsp3) is 0.118. The smallest absolute Gasteiger partial charge is 0.269 e. The number of aromatic nitrogens is 6. The van der Waals surface area contributed by atoms with Crippen LogP contribution in [-0.2, 0) is 13.1 Å². The highest BCUT2D eigenvalue weighted by atomic mass is 16.6. The van der Waals surface area contributed by atoms with Gasteiger partial charge in [0.1, 0.15) is 48.2 Å². The van der Waals surface area contributed by atoms with Crippen LogP contribution in [0, 0.1) is 42.9 Å². The van der Waals surface area contributed by atoms with E-state index in [1.807, 2.05) is 72.8 Å². The molecule has 2 aromatic heterocycles. The molecule has 0 fully saturated rings. The first-order valence-electron chi connectivity index (χ1n) is 14.9. The highest BCUT2D eigenvalue weighted by Crippen LogP contribution is 2.26. The minimum absolute atomic E-state index is 0.0197. The number of non-ortho nitro benzene ring substituents is 2. The molecule has 0 spiro atoms. The van der Waals surface area contributed by atoms with Crippen molar-refractivity contribution in [2.24, 2.45) is 0 Å². The fourth-order valence-corrected chi connectivity index (χ4v) is 4.68. The molecule has 0 unspecified atom stereocenters. The average molecular weight is 671 g/mol. The lowest BCUT2D eigenvalue weighted by atomic mass is 10.1. The van der Waals surface area contributed by atoms with Gasteiger partial charge in [-0.1, -0.05) is 46.8 Å². The van der Waals surface area contributed by atoms with Crippen LogP contribution in [0.2, 0.25) is 0 Å². The Morgan fingerprint density at radius 3 is 1.26 bits per heavy atom. The Labute approximate surface area is 284 Å². The number of hydrogen-bond donors (Lipinski definition) is 0. The van der Waals surface area contributed by atoms with Gasteiger partial charge in [-0.25, -0.2) is 9.36 Å². The molecule has 0 amide bonds. The van der Waals surface area contributed by atoms with Gasteiger partial charge in [0.2, 0.25) is 0 Å². The van der Waals surface area contributed by atoms with Gasteiger partial charge in [0.05, 0.1) is 22.9 Å². The van der Waals surface area contributed by atoms with E-state index in [-0.39, 0.29) is 22.8 Å². The molecular formula is C34H26N10O6. The van der Waals surface area contributed by atoms with Gasteiger partial charge in [-0.2, -0.15) is 10.5 Å². The summed E-state index contributed by atoms with van der Waals surface area (Å²) >= 11 is 0. The van der Waals surface area contributed by atoms with Crippen molar-refractivity contribution in [1.29, 1.82) is 10.5 Å². The zero-order chi connectivity index (χ0) is 35.3. The van der Waals surface area contributed by atoms with Crippen LogP contribution in [0.5, 0.6) is 11.5 Å². The molecule has 0 bridgehead atoms. The van der Waals surface area contributed by atoms with Crippen LogP contribution in [0.25, 0.3) is 22.5 Å². The van der Waals surface area contributed by atoms with E-state index in [0.29, 0.717) is 48.8 Å². The Morgan fingerprint density at radius 1 is 0.580 bits per heavy atom. The largest absolute Gasteiger partial charge is 0.492 e. The summed E-state index contributed by atoms with van der Waals surface area (Å²) in [6.45, 7) is 1.46. The molecule has 0 aliphatic carbocycles. The van der Waals surface area contributed by atoms with E-state index in [4.69, 9.17) is 9.47 Å². The van der Waals surface area contributed by atoms with Crippen molar-refractivity contribution in [2.75, 3.05) is 13.2 Å². The normalized spacial score (nSPS) is 10.2. The van der Waals surface area contributed by atoms with Gasteiger partial charge >= 0.3 is 0 Å². The average Bonchev–Trinajstić information content (AvgIpc) is 3.76. The molecule has 16 heteroatoms. The van der Waals surface area contributed by atoms with Gasteiger partial charge in [-0.15, -0.1) is 10.2 Å². The fourth-order valence-electron chi connectivity index (χ4n) is 4.68. The molecule has 4 aromatic carbocycles. The number of rotatable bonds is 12. The predicted octanol–water partition coefficient (Wildman–Crippen LogP) is 5.61. The lowest BCUT2D eigenvalue weighted by molar-refractivity contribution is -0.385. The van der Waals surface area contributed by atoms with Crippen molar-refractivity contribution >= 4 is 11.4 Å². The molecule has 0 radical (unpaired) electrons. The van der Waals surface area contributed by atoms with E-state index in [0.717, 1.165) is 11.5 Å². The van der Waals surface area contributed by atoms with Crippen LogP contribution in [0.4, 0.5) is 11.4 Å². The first-order valence-corrected chi connectivity index (χ1v) is 14.9. The van der Waals surface area contributed by atoms with Gasteiger partial charge in [0.15, 0.2) is 11.4 Å². The Hall–Kier alpha value is -7.46. The molecule has 0 atom stereocenters. The third-order valence-corrected chi connectivity index (χ3v) is 7.02. The van der Waals surface area contributed by atoms with Gasteiger partial charge in [0, 0.05) is 35.4 Å². The maximum Gasteiger partial charge on any atom is 0.269 e. The molecule has 0 saturated carbocycles. The van der Waals surface area contributed by atoms with Crippen molar-refractivity contribution in [2.45, 2.75) is 13.1 Å². The van der Waals surface area contributed by atoms with Gasteiger partial charge in [-0.05, 0) is 48.5 Å². The SMILES string of the molecule is N#Cc1nnn(CCOc2ccccc2)c1-c1ccc([N+](=O)[O-])cc1.N#Cc1nnn(CCOc2ccccc2)c1-c1ccc([N+](=O)[O-])cc1. The molecule has 0 aliphatic heterocycles. The standard InChI is InChI=1S/2C17H13N5O3/c2*18-12-16-17(13-6-8-14(9-7-13)22(23)24)21(20-19-16)10-11-25-15-4-2-1-3-5-15/h2*1-9H,10-11H2. The molecule has 0 N–H and O–H groups in total. The zero-order valence-corrected chi connectivity index (χ0v) is 26.1. The van der Waals surface area contributed by atoms with Crippen molar-refractivity contribution in [3.8, 4) is 46.2 Å². The first-order chi connectivity index (χ1) is 24.4. The molecule has 248 valence electrons. The van der Waals surface area contributed by atoms with E-state index in [2.05, 4.69) is 20.6 Å². The maximum atomic E-state index is 10.8. The lowest BCUT2D eigenvalue weighted by Crippen LogP contribution is -2.11. The summed E-state index contributed by atoms with van der Waals surface area (Å²) in [6, 6.07) is 34.5. The Balaban J connectivity index is 0.000000194. The number of ether oxygens (including phenoxy) is 2. The highest BCUT2D eigenvalue weighted by molar-refractivity contribution is 5.67. The first kappa shape index (κ1) is 33.9. The molecule has 6 rings (SSSR count). The summed E-state index contributed by atoms with van der Waals surface area (Å²) in [7, 11) is 0. The minimum Gasteiger partial charge on any atom is -0.492 e. The molecule has 6 aromatic rings. The van der Waals surface area contributed by atoms with Crippen molar-refractivity contribution in [1.82, 2.24) is 30.0 Å². The molecule has 0 saturated heterocycles. The molecular weight excluding hydrogens is 644 g/mol. The quantitative estimate of drug-likeness (QED) is 0.115. The number of hydrogen-bond acceptors (Lipinski definition) is 12. The van der Waals surface area contributed by atoms with Crippen molar-refractivity contribution in [3.63, 3.8) is 0 Å². The van der Waals surface area contributed by atoms with Crippen LogP contribution >= 0.6 is 0 Å². The number of nitriles is 2. The number of nitro groups is 2. The van der Waals surface area contributed by atoms with Gasteiger partial charge in [0.25, 0.3) is 11.4 Å². The summed E-state index contributed by atoms with van der Waals surface area (Å²) in [5.41, 5.74) is 2.56. The molecule has 50 heavy (non-hydrogen) atoms. The maximum absolute atomic E-state index is 10.8. The Kier molecular flexibility index (Phi) is 11.1. The van der Waals surface area contributed by atoms with Crippen molar-refractivity contribution in [3.05, 3.63) is 141 Å². The Morgan fingerprint density at radius 2 is 0.940 bits per heavy atom. The summed E-state index contributed by atoms with van der Waals surface area (Å²) in [4.78, 5) is 20.6. The third kappa shape index (κ3) is 8.46. The number of nitrogens with zero attached hydrogens (tertiary/aromatic N) is 10. The number of nitro benzene ring substituents is 2.